The largest absolute Gasteiger partial charge is 0.356 e. The Morgan fingerprint density at radius 3 is 2.12 bits per heavy atom. The zero-order valence-corrected chi connectivity index (χ0v) is 10.8. The third kappa shape index (κ3) is 6.86. The number of unbranched alkanes of at least 4 members (excludes halogenated alkanes) is 7. The first kappa shape index (κ1) is 13.5. The van der Waals surface area contributed by atoms with Gasteiger partial charge in [-0.1, -0.05) is 51.9 Å². The van der Waals surface area contributed by atoms with Crippen molar-refractivity contribution in [2.75, 3.05) is 6.54 Å². The van der Waals surface area contributed by atoms with Gasteiger partial charge in [-0.2, -0.15) is 0 Å². The summed E-state index contributed by atoms with van der Waals surface area (Å²) in [4.78, 5) is 11.3. The Balaban J connectivity index is 1.72. The molecule has 1 amide bonds. The van der Waals surface area contributed by atoms with Gasteiger partial charge >= 0.3 is 0 Å². The van der Waals surface area contributed by atoms with Gasteiger partial charge in [-0.05, 0) is 19.3 Å². The van der Waals surface area contributed by atoms with Crippen molar-refractivity contribution >= 4 is 5.91 Å². The molecule has 0 aromatic rings. The van der Waals surface area contributed by atoms with E-state index in [9.17, 15) is 4.79 Å². The Bertz CT molecular complexity index is 187. The predicted molar refractivity (Wildman–Crippen MR) is 68.3 cm³/mol. The molecule has 94 valence electrons. The second-order valence-corrected chi connectivity index (χ2v) is 5.04. The maximum atomic E-state index is 11.3. The summed E-state index contributed by atoms with van der Waals surface area (Å²) in [6.45, 7) is 3.15. The van der Waals surface area contributed by atoms with Crippen LogP contribution in [-0.4, -0.2) is 12.5 Å². The van der Waals surface area contributed by atoms with Crippen molar-refractivity contribution in [1.82, 2.24) is 5.32 Å². The van der Waals surface area contributed by atoms with Crippen LogP contribution < -0.4 is 5.32 Å². The van der Waals surface area contributed by atoms with Crippen molar-refractivity contribution in [1.29, 1.82) is 0 Å². The lowest BCUT2D eigenvalue weighted by atomic mass is 10.1. The van der Waals surface area contributed by atoms with Crippen LogP contribution in [-0.2, 0) is 4.79 Å². The molecule has 0 aromatic heterocycles. The molecule has 1 saturated carbocycles. The summed E-state index contributed by atoms with van der Waals surface area (Å²) in [5, 5.41) is 3.02. The number of hydrogen-bond acceptors (Lipinski definition) is 1. The molecule has 0 heterocycles. The maximum Gasteiger partial charge on any atom is 0.223 e. The van der Waals surface area contributed by atoms with Gasteiger partial charge in [-0.25, -0.2) is 0 Å². The minimum Gasteiger partial charge on any atom is -0.356 e. The SMILES string of the molecule is CCCCCCCCCCNC(=O)C1CC1. The maximum absolute atomic E-state index is 11.3. The van der Waals surface area contributed by atoms with Gasteiger partial charge in [0.1, 0.15) is 0 Å². The lowest BCUT2D eigenvalue weighted by Gasteiger charge is -2.04. The molecule has 0 aliphatic heterocycles. The summed E-state index contributed by atoms with van der Waals surface area (Å²) in [5.74, 6) is 0.664. The first-order valence-corrected chi connectivity index (χ1v) is 7.12. The van der Waals surface area contributed by atoms with E-state index in [0.29, 0.717) is 11.8 Å². The standard InChI is InChI=1S/C14H27NO/c1-2-3-4-5-6-7-8-9-12-15-14(16)13-10-11-13/h13H,2-12H2,1H3,(H,15,16). The van der Waals surface area contributed by atoms with Crippen LogP contribution in [0.5, 0.6) is 0 Å². The van der Waals surface area contributed by atoms with Gasteiger partial charge in [0, 0.05) is 12.5 Å². The highest BCUT2D eigenvalue weighted by atomic mass is 16.2. The fourth-order valence-corrected chi connectivity index (χ4v) is 1.96. The normalized spacial score (nSPS) is 15.1. The molecule has 0 radical (unpaired) electrons. The highest BCUT2D eigenvalue weighted by Crippen LogP contribution is 2.28. The summed E-state index contributed by atoms with van der Waals surface area (Å²) >= 11 is 0. The zero-order chi connectivity index (χ0) is 11.6. The average Bonchev–Trinajstić information content (AvgIpc) is 3.10. The van der Waals surface area contributed by atoms with E-state index in [1.807, 2.05) is 0 Å². The Labute approximate surface area is 100 Å². The third-order valence-corrected chi connectivity index (χ3v) is 3.28. The molecule has 0 unspecified atom stereocenters. The molecule has 1 N–H and O–H groups in total. The molecule has 16 heavy (non-hydrogen) atoms. The number of rotatable bonds is 10. The highest BCUT2D eigenvalue weighted by molar-refractivity contribution is 5.80. The van der Waals surface area contributed by atoms with Crippen LogP contribution in [0.15, 0.2) is 0 Å². The molecule has 0 atom stereocenters. The Kier molecular flexibility index (Phi) is 7.28. The van der Waals surface area contributed by atoms with Gasteiger partial charge in [-0.15, -0.1) is 0 Å². The Morgan fingerprint density at radius 1 is 1.00 bits per heavy atom. The smallest absolute Gasteiger partial charge is 0.223 e. The Morgan fingerprint density at radius 2 is 1.56 bits per heavy atom. The second kappa shape index (κ2) is 8.60. The monoisotopic (exact) mass is 225 g/mol. The summed E-state index contributed by atoms with van der Waals surface area (Å²) in [7, 11) is 0. The van der Waals surface area contributed by atoms with Crippen LogP contribution >= 0.6 is 0 Å². The van der Waals surface area contributed by atoms with Gasteiger partial charge in [0.05, 0.1) is 0 Å². The van der Waals surface area contributed by atoms with E-state index in [4.69, 9.17) is 0 Å². The van der Waals surface area contributed by atoms with Crippen LogP contribution in [0, 0.1) is 5.92 Å². The van der Waals surface area contributed by atoms with Crippen molar-refractivity contribution in [3.63, 3.8) is 0 Å². The number of amides is 1. The molecular weight excluding hydrogens is 198 g/mol. The third-order valence-electron chi connectivity index (χ3n) is 3.28. The van der Waals surface area contributed by atoms with Gasteiger partial charge in [0.15, 0.2) is 0 Å². The van der Waals surface area contributed by atoms with E-state index < -0.39 is 0 Å². The zero-order valence-electron chi connectivity index (χ0n) is 10.8. The molecule has 1 fully saturated rings. The van der Waals surface area contributed by atoms with Crippen LogP contribution in [0.1, 0.15) is 71.1 Å². The molecule has 0 aromatic carbocycles. The number of nitrogens with one attached hydrogen (secondary N) is 1. The molecule has 2 nitrogen and oxygen atoms in total. The fraction of sp³-hybridized carbons (Fsp3) is 0.929. The summed E-state index contributed by atoms with van der Waals surface area (Å²) in [6.07, 6.45) is 12.9. The molecule has 1 rings (SSSR count). The van der Waals surface area contributed by atoms with Gasteiger partial charge in [-0.3, -0.25) is 4.79 Å². The highest BCUT2D eigenvalue weighted by Gasteiger charge is 2.28. The summed E-state index contributed by atoms with van der Waals surface area (Å²) in [5.41, 5.74) is 0. The number of carbonyl (C=O) groups is 1. The molecule has 0 saturated heterocycles. The van der Waals surface area contributed by atoms with E-state index in [-0.39, 0.29) is 0 Å². The molecular formula is C14H27NO. The van der Waals surface area contributed by atoms with E-state index in [0.717, 1.165) is 25.8 Å². The topological polar surface area (TPSA) is 29.1 Å². The average molecular weight is 225 g/mol. The summed E-state index contributed by atoms with van der Waals surface area (Å²) < 4.78 is 0. The van der Waals surface area contributed by atoms with Gasteiger partial charge in [0.25, 0.3) is 0 Å². The second-order valence-electron chi connectivity index (χ2n) is 5.04. The van der Waals surface area contributed by atoms with Gasteiger partial charge in [0.2, 0.25) is 5.91 Å². The lowest BCUT2D eigenvalue weighted by Crippen LogP contribution is -2.25. The van der Waals surface area contributed by atoms with Crippen molar-refractivity contribution in [3.05, 3.63) is 0 Å². The molecule has 1 aliphatic rings. The lowest BCUT2D eigenvalue weighted by molar-refractivity contribution is -0.122. The number of hydrogen-bond donors (Lipinski definition) is 1. The van der Waals surface area contributed by atoms with Crippen LogP contribution in [0.25, 0.3) is 0 Å². The predicted octanol–water partition coefficient (Wildman–Crippen LogP) is 3.65. The summed E-state index contributed by atoms with van der Waals surface area (Å²) in [6, 6.07) is 0. The van der Waals surface area contributed by atoms with E-state index in [1.54, 1.807) is 0 Å². The van der Waals surface area contributed by atoms with Crippen LogP contribution in [0.3, 0.4) is 0 Å². The Hall–Kier alpha value is -0.530. The molecule has 0 bridgehead atoms. The molecule has 0 spiro atoms. The minimum atomic E-state index is 0.294. The van der Waals surface area contributed by atoms with E-state index in [1.165, 1.54) is 44.9 Å². The molecule has 2 heteroatoms. The first-order chi connectivity index (χ1) is 7.84. The minimum absolute atomic E-state index is 0.294. The van der Waals surface area contributed by atoms with Crippen molar-refractivity contribution in [2.24, 2.45) is 5.92 Å². The van der Waals surface area contributed by atoms with Crippen LogP contribution in [0.2, 0.25) is 0 Å². The number of carbonyl (C=O) groups excluding carboxylic acids is 1. The fourth-order valence-electron chi connectivity index (χ4n) is 1.96. The quantitative estimate of drug-likeness (QED) is 0.565. The van der Waals surface area contributed by atoms with E-state index >= 15 is 0 Å². The van der Waals surface area contributed by atoms with Gasteiger partial charge < -0.3 is 5.32 Å². The van der Waals surface area contributed by atoms with Crippen molar-refractivity contribution in [3.8, 4) is 0 Å². The van der Waals surface area contributed by atoms with Crippen molar-refractivity contribution in [2.45, 2.75) is 71.1 Å². The van der Waals surface area contributed by atoms with Crippen molar-refractivity contribution < 1.29 is 4.79 Å². The molecule has 1 aliphatic carbocycles. The van der Waals surface area contributed by atoms with E-state index in [2.05, 4.69) is 12.2 Å². The van der Waals surface area contributed by atoms with Crippen LogP contribution in [0.4, 0.5) is 0 Å². The first-order valence-electron chi connectivity index (χ1n) is 7.12.